The molecule has 3 nitrogen and oxygen atoms in total. The first kappa shape index (κ1) is 11.9. The van der Waals surface area contributed by atoms with E-state index in [4.69, 9.17) is 4.74 Å². The molecule has 1 amide bonds. The average Bonchev–Trinajstić information content (AvgIpc) is 2.19. The first-order valence-corrected chi connectivity index (χ1v) is 5.80. The van der Waals surface area contributed by atoms with Crippen LogP contribution in [0, 0.1) is 5.92 Å². The molecule has 0 atom stereocenters. The third-order valence-electron chi connectivity index (χ3n) is 2.62. The number of carbonyl (C=O) groups is 1. The third kappa shape index (κ3) is 3.88. The lowest BCUT2D eigenvalue weighted by molar-refractivity contribution is -0.130. The van der Waals surface area contributed by atoms with Crippen molar-refractivity contribution in [1.82, 2.24) is 4.90 Å². The summed E-state index contributed by atoms with van der Waals surface area (Å²) in [4.78, 5) is 13.3. The van der Waals surface area contributed by atoms with Gasteiger partial charge in [0.05, 0.1) is 0 Å². The van der Waals surface area contributed by atoms with E-state index < -0.39 is 0 Å². The largest absolute Gasteiger partial charge is 0.381 e. The molecule has 0 unspecified atom stereocenters. The van der Waals surface area contributed by atoms with Crippen molar-refractivity contribution in [3.63, 3.8) is 0 Å². The van der Waals surface area contributed by atoms with E-state index in [1.54, 1.807) is 0 Å². The molecule has 1 aliphatic rings. The quantitative estimate of drug-likeness (QED) is 0.717. The fourth-order valence-corrected chi connectivity index (χ4v) is 1.90. The van der Waals surface area contributed by atoms with E-state index in [1.165, 1.54) is 0 Å². The molecule has 1 rings (SSSR count). The zero-order valence-corrected chi connectivity index (χ0v) is 9.63. The van der Waals surface area contributed by atoms with Gasteiger partial charge in [0.1, 0.15) is 0 Å². The molecule has 4 heteroatoms. The van der Waals surface area contributed by atoms with Crippen LogP contribution in [0.5, 0.6) is 0 Å². The lowest BCUT2D eigenvalue weighted by Crippen LogP contribution is -2.34. The van der Waals surface area contributed by atoms with Gasteiger partial charge in [0.2, 0.25) is 5.91 Å². The van der Waals surface area contributed by atoms with Crippen LogP contribution in [0.1, 0.15) is 19.3 Å². The standard InChI is InChI=1S/C10H19NO2S/c1-11(10(12)4-7-14)8-9-2-5-13-6-3-9/h9,14H,2-8H2,1H3. The molecule has 0 aliphatic carbocycles. The first-order valence-electron chi connectivity index (χ1n) is 5.16. The van der Waals surface area contributed by atoms with E-state index in [9.17, 15) is 4.79 Å². The van der Waals surface area contributed by atoms with E-state index >= 15 is 0 Å². The zero-order chi connectivity index (χ0) is 10.4. The maximum Gasteiger partial charge on any atom is 0.223 e. The molecule has 1 heterocycles. The summed E-state index contributed by atoms with van der Waals surface area (Å²) < 4.78 is 5.27. The summed E-state index contributed by atoms with van der Waals surface area (Å²) >= 11 is 4.05. The van der Waals surface area contributed by atoms with Crippen molar-refractivity contribution in [2.24, 2.45) is 5.92 Å². The van der Waals surface area contributed by atoms with Crippen molar-refractivity contribution in [2.45, 2.75) is 19.3 Å². The molecule has 0 radical (unpaired) electrons. The van der Waals surface area contributed by atoms with Gasteiger partial charge < -0.3 is 9.64 Å². The van der Waals surface area contributed by atoms with Gasteiger partial charge in [0, 0.05) is 33.2 Å². The molecule has 0 saturated carbocycles. The van der Waals surface area contributed by atoms with Crippen LogP contribution in [-0.2, 0) is 9.53 Å². The summed E-state index contributed by atoms with van der Waals surface area (Å²) in [6.45, 7) is 2.56. The molecule has 82 valence electrons. The summed E-state index contributed by atoms with van der Waals surface area (Å²) in [6.07, 6.45) is 2.71. The van der Waals surface area contributed by atoms with Crippen molar-refractivity contribution in [1.29, 1.82) is 0 Å². The van der Waals surface area contributed by atoms with Crippen LogP contribution in [0.25, 0.3) is 0 Å². The molecule has 0 N–H and O–H groups in total. The second-order valence-electron chi connectivity index (χ2n) is 3.80. The molecule has 0 aromatic rings. The molecule has 1 saturated heterocycles. The summed E-state index contributed by atoms with van der Waals surface area (Å²) in [6, 6.07) is 0. The highest BCUT2D eigenvalue weighted by molar-refractivity contribution is 7.80. The lowest BCUT2D eigenvalue weighted by atomic mass is 10.00. The number of rotatable bonds is 4. The molecular formula is C10H19NO2S. The smallest absolute Gasteiger partial charge is 0.223 e. The highest BCUT2D eigenvalue weighted by Crippen LogP contribution is 2.15. The van der Waals surface area contributed by atoms with Crippen molar-refractivity contribution in [2.75, 3.05) is 32.6 Å². The van der Waals surface area contributed by atoms with Gasteiger partial charge in [-0.05, 0) is 24.5 Å². The number of hydrogen-bond donors (Lipinski definition) is 1. The SMILES string of the molecule is CN(CC1CCOCC1)C(=O)CCS. The van der Waals surface area contributed by atoms with E-state index in [-0.39, 0.29) is 5.91 Å². The Labute approximate surface area is 91.2 Å². The molecule has 0 bridgehead atoms. The fraction of sp³-hybridized carbons (Fsp3) is 0.900. The van der Waals surface area contributed by atoms with Crippen LogP contribution in [0.2, 0.25) is 0 Å². The van der Waals surface area contributed by atoms with E-state index in [1.807, 2.05) is 11.9 Å². The molecule has 0 spiro atoms. The number of ether oxygens (including phenoxy) is 1. The molecular weight excluding hydrogens is 198 g/mol. The topological polar surface area (TPSA) is 29.5 Å². The Bertz CT molecular complexity index is 181. The Morgan fingerprint density at radius 1 is 1.50 bits per heavy atom. The molecule has 1 fully saturated rings. The van der Waals surface area contributed by atoms with E-state index in [2.05, 4.69) is 12.6 Å². The number of nitrogens with zero attached hydrogens (tertiary/aromatic N) is 1. The Hall–Kier alpha value is -0.220. The molecule has 14 heavy (non-hydrogen) atoms. The van der Waals surface area contributed by atoms with Crippen LogP contribution in [0.3, 0.4) is 0 Å². The van der Waals surface area contributed by atoms with Crippen LogP contribution in [0.15, 0.2) is 0 Å². The van der Waals surface area contributed by atoms with Crippen molar-refractivity contribution in [3.05, 3.63) is 0 Å². The van der Waals surface area contributed by atoms with Gasteiger partial charge in [0.25, 0.3) is 0 Å². The van der Waals surface area contributed by atoms with Gasteiger partial charge in [-0.2, -0.15) is 12.6 Å². The summed E-state index contributed by atoms with van der Waals surface area (Å²) in [5.74, 6) is 1.46. The number of amides is 1. The van der Waals surface area contributed by atoms with Gasteiger partial charge in [-0.15, -0.1) is 0 Å². The highest BCUT2D eigenvalue weighted by Gasteiger charge is 2.17. The summed E-state index contributed by atoms with van der Waals surface area (Å²) in [5, 5.41) is 0. The first-order chi connectivity index (χ1) is 6.74. The molecule has 0 aromatic heterocycles. The Balaban J connectivity index is 2.24. The average molecular weight is 217 g/mol. The maximum absolute atomic E-state index is 11.5. The minimum absolute atomic E-state index is 0.200. The second-order valence-corrected chi connectivity index (χ2v) is 4.25. The Kier molecular flexibility index (Phi) is 5.33. The van der Waals surface area contributed by atoms with Crippen LogP contribution in [-0.4, -0.2) is 43.4 Å². The molecule has 0 aromatic carbocycles. The third-order valence-corrected chi connectivity index (χ3v) is 2.85. The van der Waals surface area contributed by atoms with Gasteiger partial charge in [-0.25, -0.2) is 0 Å². The van der Waals surface area contributed by atoms with Gasteiger partial charge in [-0.1, -0.05) is 0 Å². The van der Waals surface area contributed by atoms with Crippen molar-refractivity contribution >= 4 is 18.5 Å². The second kappa shape index (κ2) is 6.30. The lowest BCUT2D eigenvalue weighted by Gasteiger charge is -2.27. The Morgan fingerprint density at radius 2 is 2.14 bits per heavy atom. The van der Waals surface area contributed by atoms with Gasteiger partial charge >= 0.3 is 0 Å². The zero-order valence-electron chi connectivity index (χ0n) is 8.74. The number of carbonyl (C=O) groups excluding carboxylic acids is 1. The predicted octanol–water partition coefficient (Wildman–Crippen LogP) is 1.19. The Morgan fingerprint density at radius 3 is 2.71 bits per heavy atom. The van der Waals surface area contributed by atoms with Crippen LogP contribution < -0.4 is 0 Å². The van der Waals surface area contributed by atoms with Crippen molar-refractivity contribution in [3.8, 4) is 0 Å². The monoisotopic (exact) mass is 217 g/mol. The fourth-order valence-electron chi connectivity index (χ4n) is 1.70. The summed E-state index contributed by atoms with van der Waals surface area (Å²) in [5.41, 5.74) is 0. The van der Waals surface area contributed by atoms with E-state index in [0.29, 0.717) is 18.1 Å². The van der Waals surface area contributed by atoms with Gasteiger partial charge in [-0.3, -0.25) is 4.79 Å². The maximum atomic E-state index is 11.5. The highest BCUT2D eigenvalue weighted by atomic mass is 32.1. The number of hydrogen-bond acceptors (Lipinski definition) is 3. The minimum atomic E-state index is 0.200. The van der Waals surface area contributed by atoms with Crippen LogP contribution >= 0.6 is 12.6 Å². The summed E-state index contributed by atoms with van der Waals surface area (Å²) in [7, 11) is 1.88. The van der Waals surface area contributed by atoms with E-state index in [0.717, 1.165) is 32.6 Å². The predicted molar refractivity (Wildman–Crippen MR) is 59.7 cm³/mol. The number of thiol groups is 1. The minimum Gasteiger partial charge on any atom is -0.381 e. The van der Waals surface area contributed by atoms with Gasteiger partial charge in [0.15, 0.2) is 0 Å². The normalized spacial score (nSPS) is 18.1. The van der Waals surface area contributed by atoms with Crippen LogP contribution in [0.4, 0.5) is 0 Å². The molecule has 1 aliphatic heterocycles. The van der Waals surface area contributed by atoms with Crippen molar-refractivity contribution < 1.29 is 9.53 Å².